The number of anilines is 3. The van der Waals surface area contributed by atoms with Gasteiger partial charge in [0, 0.05) is 64.1 Å². The highest BCUT2D eigenvalue weighted by Gasteiger charge is 2.28. The van der Waals surface area contributed by atoms with E-state index in [4.69, 9.17) is 5.41 Å². The number of nitrogens with one attached hydrogen (secondary N) is 4. The first-order valence-electron chi connectivity index (χ1n) is 14.4. The zero-order valence-corrected chi connectivity index (χ0v) is 23.4. The molecule has 0 bridgehead atoms. The van der Waals surface area contributed by atoms with Gasteiger partial charge in [-0.3, -0.25) is 4.79 Å². The van der Waals surface area contributed by atoms with Crippen LogP contribution >= 0.6 is 0 Å². The molecule has 0 spiro atoms. The van der Waals surface area contributed by atoms with Crippen molar-refractivity contribution in [1.29, 1.82) is 5.41 Å². The minimum absolute atomic E-state index is 0.171. The Morgan fingerprint density at radius 2 is 1.68 bits per heavy atom. The summed E-state index contributed by atoms with van der Waals surface area (Å²) in [6.07, 6.45) is 10.8. The third kappa shape index (κ3) is 5.93. The molecule has 2 aliphatic heterocycles. The summed E-state index contributed by atoms with van der Waals surface area (Å²) >= 11 is 0. The number of carbonyl (C=O) groups excluding carboxylic acids is 2. The summed E-state index contributed by atoms with van der Waals surface area (Å²) in [6.45, 7) is 8.87. The van der Waals surface area contributed by atoms with Crippen LogP contribution in [-0.2, 0) is 0 Å². The summed E-state index contributed by atoms with van der Waals surface area (Å²) in [7, 11) is 1.62. The number of likely N-dealkylation sites (tertiary alicyclic amines) is 1. The van der Waals surface area contributed by atoms with E-state index in [1.54, 1.807) is 13.1 Å². The van der Waals surface area contributed by atoms with Crippen LogP contribution in [0.2, 0.25) is 0 Å². The third-order valence-electron chi connectivity index (χ3n) is 8.21. The Morgan fingerprint density at radius 3 is 2.30 bits per heavy atom. The van der Waals surface area contributed by atoms with E-state index in [2.05, 4.69) is 32.4 Å². The van der Waals surface area contributed by atoms with Gasteiger partial charge in [-0.2, -0.15) is 0 Å². The van der Waals surface area contributed by atoms with E-state index in [0.717, 1.165) is 70.4 Å². The molecule has 2 saturated heterocycles. The number of rotatable bonds is 8. The van der Waals surface area contributed by atoms with Gasteiger partial charge in [0.2, 0.25) is 0 Å². The van der Waals surface area contributed by atoms with Gasteiger partial charge in [-0.1, -0.05) is 19.4 Å². The Hall–Kier alpha value is -4.02. The molecule has 2 aromatic heterocycles. The number of piperidine rings is 1. The molecule has 1 saturated carbocycles. The van der Waals surface area contributed by atoms with Crippen LogP contribution in [0, 0.1) is 5.41 Å². The Morgan fingerprint density at radius 1 is 0.975 bits per heavy atom. The molecule has 4 N–H and O–H groups in total. The standard InChI is InChI=1S/C29H41N9O2/c1-21(34-27-22(19-30)18-25(28(39)31-2)38(27)23-8-4-5-9-23)33-26-11-10-24(20-32-26)35-14-16-37(17-15-35)29(40)36-12-6-3-7-13-36/h10-11,18-20,23,30,34H,1,3-9,12-17H2,2H3,(H,31,39)(H,32,33). The second-order valence-corrected chi connectivity index (χ2v) is 10.8. The highest BCUT2D eigenvalue weighted by molar-refractivity contribution is 5.98. The summed E-state index contributed by atoms with van der Waals surface area (Å²) in [5.41, 5.74) is 2.20. The Balaban J connectivity index is 1.20. The topological polar surface area (TPSA) is 122 Å². The van der Waals surface area contributed by atoms with Gasteiger partial charge in [-0.25, -0.2) is 9.78 Å². The average Bonchev–Trinajstić information content (AvgIpc) is 3.65. The molecule has 0 aromatic carbocycles. The maximum Gasteiger partial charge on any atom is 0.320 e. The Labute approximate surface area is 236 Å². The van der Waals surface area contributed by atoms with E-state index in [1.165, 1.54) is 12.6 Å². The molecule has 11 nitrogen and oxygen atoms in total. The lowest BCUT2D eigenvalue weighted by atomic mass is 10.1. The lowest BCUT2D eigenvalue weighted by Gasteiger charge is -2.39. The lowest BCUT2D eigenvalue weighted by Crippen LogP contribution is -2.53. The predicted molar refractivity (Wildman–Crippen MR) is 158 cm³/mol. The van der Waals surface area contributed by atoms with Crippen LogP contribution in [0.25, 0.3) is 0 Å². The molecular formula is C29H41N9O2. The van der Waals surface area contributed by atoms with Gasteiger partial charge >= 0.3 is 6.03 Å². The van der Waals surface area contributed by atoms with Crippen molar-refractivity contribution < 1.29 is 9.59 Å². The average molecular weight is 548 g/mol. The molecule has 5 rings (SSSR count). The van der Waals surface area contributed by atoms with Gasteiger partial charge in [0.05, 0.1) is 11.9 Å². The normalized spacial score (nSPS) is 18.0. The van der Waals surface area contributed by atoms with E-state index in [1.807, 2.05) is 32.7 Å². The molecule has 0 unspecified atom stereocenters. The van der Waals surface area contributed by atoms with Crippen molar-refractivity contribution in [3.8, 4) is 0 Å². The first-order valence-corrected chi connectivity index (χ1v) is 14.4. The van der Waals surface area contributed by atoms with Gasteiger partial charge in [-0.05, 0) is 50.3 Å². The fraction of sp³-hybridized carbons (Fsp3) is 0.517. The number of hydrogen-bond acceptors (Lipinski definition) is 7. The highest BCUT2D eigenvalue weighted by Crippen LogP contribution is 2.36. The SMILES string of the molecule is C=C(Nc1ccc(N2CCN(C(=O)N3CCCCC3)CC2)cn1)Nc1c(C=N)cc(C(=O)NC)n1C1CCCC1. The molecule has 4 heterocycles. The number of urea groups is 1. The fourth-order valence-corrected chi connectivity index (χ4v) is 6.05. The van der Waals surface area contributed by atoms with Gasteiger partial charge in [0.1, 0.15) is 23.2 Å². The zero-order chi connectivity index (χ0) is 28.1. The highest BCUT2D eigenvalue weighted by atomic mass is 16.2. The number of aromatic nitrogens is 2. The van der Waals surface area contributed by atoms with Gasteiger partial charge in [0.25, 0.3) is 5.91 Å². The minimum atomic E-state index is -0.171. The largest absolute Gasteiger partial charge is 0.367 e. The maximum absolute atomic E-state index is 12.8. The van der Waals surface area contributed by atoms with Crippen LogP contribution < -0.4 is 20.9 Å². The Kier molecular flexibility index (Phi) is 8.57. The van der Waals surface area contributed by atoms with Crippen molar-refractivity contribution in [3.63, 3.8) is 0 Å². The molecule has 3 aliphatic rings. The first-order chi connectivity index (χ1) is 19.5. The van der Waals surface area contributed by atoms with Crippen molar-refractivity contribution in [1.82, 2.24) is 24.7 Å². The van der Waals surface area contributed by atoms with E-state index in [0.29, 0.717) is 41.8 Å². The van der Waals surface area contributed by atoms with Crippen LogP contribution in [0.15, 0.2) is 36.8 Å². The molecular weight excluding hydrogens is 506 g/mol. The maximum atomic E-state index is 12.8. The monoisotopic (exact) mass is 547 g/mol. The molecule has 3 amide bonds. The fourth-order valence-electron chi connectivity index (χ4n) is 6.05. The second kappa shape index (κ2) is 12.4. The van der Waals surface area contributed by atoms with Crippen molar-refractivity contribution in [2.24, 2.45) is 0 Å². The van der Waals surface area contributed by atoms with Crippen molar-refractivity contribution in [3.05, 3.63) is 48.1 Å². The van der Waals surface area contributed by atoms with Gasteiger partial charge < -0.3 is 40.6 Å². The molecule has 0 atom stereocenters. The molecule has 2 aromatic rings. The quantitative estimate of drug-likeness (QED) is 0.370. The summed E-state index contributed by atoms with van der Waals surface area (Å²) in [4.78, 5) is 36.3. The van der Waals surface area contributed by atoms with Crippen molar-refractivity contribution in [2.75, 3.05) is 61.8 Å². The van der Waals surface area contributed by atoms with Crippen molar-refractivity contribution in [2.45, 2.75) is 51.0 Å². The summed E-state index contributed by atoms with van der Waals surface area (Å²) < 4.78 is 2.02. The van der Waals surface area contributed by atoms with E-state index in [-0.39, 0.29) is 18.0 Å². The Bertz CT molecular complexity index is 1220. The number of carbonyl (C=O) groups is 2. The summed E-state index contributed by atoms with van der Waals surface area (Å²) in [6, 6.07) is 6.07. The van der Waals surface area contributed by atoms with E-state index < -0.39 is 0 Å². The van der Waals surface area contributed by atoms with Crippen molar-refractivity contribution >= 4 is 35.5 Å². The molecule has 40 heavy (non-hydrogen) atoms. The van der Waals surface area contributed by atoms with Crippen LogP contribution in [0.3, 0.4) is 0 Å². The summed E-state index contributed by atoms with van der Waals surface area (Å²) in [5.74, 6) is 1.67. The van der Waals surface area contributed by atoms with E-state index in [9.17, 15) is 9.59 Å². The summed E-state index contributed by atoms with van der Waals surface area (Å²) in [5, 5.41) is 17.2. The third-order valence-corrected chi connectivity index (χ3v) is 8.21. The van der Waals surface area contributed by atoms with Gasteiger partial charge in [0.15, 0.2) is 0 Å². The zero-order valence-electron chi connectivity index (χ0n) is 23.4. The van der Waals surface area contributed by atoms with Crippen LogP contribution in [-0.4, -0.2) is 83.8 Å². The number of pyridine rings is 1. The first kappa shape index (κ1) is 27.5. The van der Waals surface area contributed by atoms with Crippen LogP contribution in [0.5, 0.6) is 0 Å². The number of amides is 3. The molecule has 3 fully saturated rings. The number of piperazine rings is 1. The van der Waals surface area contributed by atoms with Crippen LogP contribution in [0.4, 0.5) is 22.1 Å². The van der Waals surface area contributed by atoms with E-state index >= 15 is 0 Å². The lowest BCUT2D eigenvalue weighted by molar-refractivity contribution is 0.0952. The second-order valence-electron chi connectivity index (χ2n) is 10.8. The predicted octanol–water partition coefficient (Wildman–Crippen LogP) is 4.08. The number of nitrogens with zero attached hydrogens (tertiary/aromatic N) is 5. The van der Waals surface area contributed by atoms with Gasteiger partial charge in [-0.15, -0.1) is 0 Å². The van der Waals surface area contributed by atoms with Crippen LogP contribution in [0.1, 0.15) is 67.0 Å². The molecule has 1 aliphatic carbocycles. The smallest absolute Gasteiger partial charge is 0.320 e. The number of hydrogen-bond donors (Lipinski definition) is 4. The molecule has 214 valence electrons. The molecule has 0 radical (unpaired) electrons. The molecule has 11 heteroatoms. The minimum Gasteiger partial charge on any atom is -0.367 e.